The normalized spacial score (nSPS) is 10.2. The van der Waals surface area contributed by atoms with Crippen LogP contribution in [0.3, 0.4) is 0 Å². The molecule has 1 radical (unpaired) electrons. The zero-order valence-corrected chi connectivity index (χ0v) is 8.06. The lowest BCUT2D eigenvalue weighted by Gasteiger charge is -2.00. The number of aromatic nitrogens is 1. The van der Waals surface area contributed by atoms with Gasteiger partial charge in [-0.25, -0.2) is 9.78 Å². The van der Waals surface area contributed by atoms with E-state index in [0.717, 1.165) is 5.39 Å². The molecule has 2 rings (SSSR count). The number of esters is 1. The third-order valence-electron chi connectivity index (χ3n) is 2.06. The lowest BCUT2D eigenvalue weighted by Crippen LogP contribution is -2.03. The number of ether oxygens (including phenoxy) is 1. The van der Waals surface area contributed by atoms with Crippen molar-refractivity contribution in [3.8, 4) is 5.75 Å². The zero-order valence-electron chi connectivity index (χ0n) is 8.06. The summed E-state index contributed by atoms with van der Waals surface area (Å²) >= 11 is 0. The van der Waals surface area contributed by atoms with E-state index in [0.29, 0.717) is 5.52 Å². The fourth-order valence-electron chi connectivity index (χ4n) is 1.32. The Kier molecular flexibility index (Phi) is 2.25. The van der Waals surface area contributed by atoms with Gasteiger partial charge < -0.3 is 4.74 Å². The molecule has 0 saturated carbocycles. The number of rotatable bonds is 1. The number of carbonyl (C=O) groups excluding carboxylic acids is 1. The van der Waals surface area contributed by atoms with Crippen molar-refractivity contribution < 1.29 is 14.6 Å². The molecule has 0 N–H and O–H groups in total. The molecule has 15 heavy (non-hydrogen) atoms. The average Bonchev–Trinajstić information content (AvgIpc) is 2.27. The highest BCUT2D eigenvalue weighted by atomic mass is 16.5. The number of hydrogen-bond acceptors (Lipinski definition) is 3. The van der Waals surface area contributed by atoms with Crippen molar-refractivity contribution in [1.82, 2.24) is 4.98 Å². The van der Waals surface area contributed by atoms with Crippen LogP contribution in [0.1, 0.15) is 10.5 Å². The molecule has 4 heteroatoms. The molecule has 0 aliphatic rings. The minimum Gasteiger partial charge on any atom is -0.464 e. The molecule has 0 spiro atoms. The summed E-state index contributed by atoms with van der Waals surface area (Å²) in [5.41, 5.74) is 0.848. The summed E-state index contributed by atoms with van der Waals surface area (Å²) < 4.78 is 4.55. The number of hydrogen-bond donors (Lipinski definition) is 0. The van der Waals surface area contributed by atoms with E-state index < -0.39 is 5.97 Å². The largest absolute Gasteiger partial charge is 0.464 e. The number of nitrogens with zero attached hydrogens (tertiary/aromatic N) is 1. The maximum Gasteiger partial charge on any atom is 0.356 e. The molecule has 1 aromatic heterocycles. The van der Waals surface area contributed by atoms with E-state index in [9.17, 15) is 9.90 Å². The van der Waals surface area contributed by atoms with Gasteiger partial charge in [0.1, 0.15) is 5.69 Å². The molecule has 0 aliphatic heterocycles. The molecule has 0 aliphatic carbocycles. The van der Waals surface area contributed by atoms with E-state index in [4.69, 9.17) is 0 Å². The fourth-order valence-corrected chi connectivity index (χ4v) is 1.32. The highest BCUT2D eigenvalue weighted by molar-refractivity contribution is 5.91. The molecule has 4 nitrogen and oxygen atoms in total. The van der Waals surface area contributed by atoms with Gasteiger partial charge in [0.15, 0.2) is 5.75 Å². The molecular formula is C11H8NO3. The molecule has 0 fully saturated rings. The van der Waals surface area contributed by atoms with Crippen molar-refractivity contribution in [2.75, 3.05) is 7.11 Å². The smallest absolute Gasteiger partial charge is 0.356 e. The van der Waals surface area contributed by atoms with Crippen LogP contribution in [0.25, 0.3) is 10.9 Å². The molecule has 75 valence electrons. The maximum atomic E-state index is 11.2. The van der Waals surface area contributed by atoms with Crippen molar-refractivity contribution in [2.45, 2.75) is 0 Å². The zero-order chi connectivity index (χ0) is 10.8. The standard InChI is InChI=1S/C11H8NO3/c1-15-11(14)10-4-2-7-6-8(13)3-5-9(7)12-10/h2-6H,1H3. The number of carbonyl (C=O) groups is 1. The summed E-state index contributed by atoms with van der Waals surface area (Å²) in [4.78, 5) is 15.3. The van der Waals surface area contributed by atoms with Gasteiger partial charge in [-0.1, -0.05) is 6.07 Å². The Bertz CT molecular complexity index is 522. The first-order chi connectivity index (χ1) is 7.20. The monoisotopic (exact) mass is 202 g/mol. The summed E-state index contributed by atoms with van der Waals surface area (Å²) in [5, 5.41) is 11.8. The molecule has 2 aromatic rings. The van der Waals surface area contributed by atoms with Crippen LogP contribution in [0.15, 0.2) is 30.3 Å². The topological polar surface area (TPSA) is 59.1 Å². The van der Waals surface area contributed by atoms with Crippen LogP contribution in [-0.4, -0.2) is 18.1 Å². The molecule has 1 aromatic carbocycles. The van der Waals surface area contributed by atoms with Gasteiger partial charge >= 0.3 is 5.97 Å². The SMILES string of the molecule is COC(=O)c1ccc2cc([O])ccc2n1. The summed E-state index contributed by atoms with van der Waals surface area (Å²) in [5.74, 6) is -0.557. The van der Waals surface area contributed by atoms with Crippen LogP contribution in [0, 0.1) is 0 Å². The Balaban J connectivity index is 2.57. The number of methoxy groups -OCH3 is 1. The quantitative estimate of drug-likeness (QED) is 0.666. The van der Waals surface area contributed by atoms with Crippen LogP contribution < -0.4 is 0 Å². The molecule has 0 saturated heterocycles. The first-order valence-corrected chi connectivity index (χ1v) is 4.37. The molecule has 1 heterocycles. The van der Waals surface area contributed by atoms with Crippen LogP contribution in [0.5, 0.6) is 5.75 Å². The van der Waals surface area contributed by atoms with Crippen molar-refractivity contribution in [2.24, 2.45) is 0 Å². The van der Waals surface area contributed by atoms with Gasteiger partial charge in [-0.3, -0.25) is 5.11 Å². The van der Waals surface area contributed by atoms with Crippen LogP contribution in [0.4, 0.5) is 0 Å². The maximum absolute atomic E-state index is 11.2. The second-order valence-corrected chi connectivity index (χ2v) is 3.04. The van der Waals surface area contributed by atoms with Crippen molar-refractivity contribution in [1.29, 1.82) is 0 Å². The number of benzene rings is 1. The van der Waals surface area contributed by atoms with Gasteiger partial charge in [0.05, 0.1) is 12.6 Å². The van der Waals surface area contributed by atoms with Crippen LogP contribution in [-0.2, 0) is 9.84 Å². The Morgan fingerprint density at radius 3 is 2.80 bits per heavy atom. The van der Waals surface area contributed by atoms with E-state index in [-0.39, 0.29) is 11.4 Å². The third kappa shape index (κ3) is 1.74. The first kappa shape index (κ1) is 9.45. The number of fused-ring (bicyclic) bond motifs is 1. The molecule has 0 amide bonds. The Morgan fingerprint density at radius 2 is 2.07 bits per heavy atom. The van der Waals surface area contributed by atoms with Gasteiger partial charge in [0, 0.05) is 5.39 Å². The van der Waals surface area contributed by atoms with Gasteiger partial charge in [-0.2, -0.15) is 0 Å². The predicted molar refractivity (Wildman–Crippen MR) is 53.2 cm³/mol. The van der Waals surface area contributed by atoms with Crippen molar-refractivity contribution >= 4 is 16.9 Å². The van der Waals surface area contributed by atoms with E-state index in [1.165, 1.54) is 25.3 Å². The summed E-state index contributed by atoms with van der Waals surface area (Å²) in [7, 11) is 1.30. The van der Waals surface area contributed by atoms with Crippen molar-refractivity contribution in [3.05, 3.63) is 36.0 Å². The Hall–Kier alpha value is -2.10. The van der Waals surface area contributed by atoms with E-state index >= 15 is 0 Å². The molecular weight excluding hydrogens is 194 g/mol. The molecule has 0 unspecified atom stereocenters. The van der Waals surface area contributed by atoms with Crippen LogP contribution in [0.2, 0.25) is 0 Å². The highest BCUT2D eigenvalue weighted by Gasteiger charge is 2.07. The Morgan fingerprint density at radius 1 is 1.27 bits per heavy atom. The van der Waals surface area contributed by atoms with E-state index in [1.54, 1.807) is 12.1 Å². The fraction of sp³-hybridized carbons (Fsp3) is 0.0909. The lowest BCUT2D eigenvalue weighted by molar-refractivity contribution is 0.0594. The molecule has 0 bridgehead atoms. The van der Waals surface area contributed by atoms with Gasteiger partial charge in [0.25, 0.3) is 0 Å². The number of pyridine rings is 1. The Labute approximate surface area is 86.1 Å². The highest BCUT2D eigenvalue weighted by Crippen LogP contribution is 2.19. The van der Waals surface area contributed by atoms with Crippen molar-refractivity contribution in [3.63, 3.8) is 0 Å². The average molecular weight is 202 g/mol. The second kappa shape index (κ2) is 3.57. The van der Waals surface area contributed by atoms with Gasteiger partial charge in [-0.15, -0.1) is 0 Å². The summed E-state index contributed by atoms with van der Waals surface area (Å²) in [6, 6.07) is 7.69. The van der Waals surface area contributed by atoms with E-state index in [2.05, 4.69) is 9.72 Å². The third-order valence-corrected chi connectivity index (χ3v) is 2.06. The van der Waals surface area contributed by atoms with E-state index in [1.807, 2.05) is 0 Å². The lowest BCUT2D eigenvalue weighted by atomic mass is 10.2. The summed E-state index contributed by atoms with van der Waals surface area (Å²) in [6.07, 6.45) is 0. The van der Waals surface area contributed by atoms with Gasteiger partial charge in [-0.05, 0) is 24.3 Å². The minimum atomic E-state index is -0.483. The van der Waals surface area contributed by atoms with Crippen LogP contribution >= 0.6 is 0 Å². The van der Waals surface area contributed by atoms with Gasteiger partial charge in [0.2, 0.25) is 0 Å². The minimum absolute atomic E-state index is 0.0740. The predicted octanol–water partition coefficient (Wildman–Crippen LogP) is 2.17. The molecule has 0 atom stereocenters. The summed E-state index contributed by atoms with van der Waals surface area (Å²) in [6.45, 7) is 0. The first-order valence-electron chi connectivity index (χ1n) is 4.37. The second-order valence-electron chi connectivity index (χ2n) is 3.04.